The van der Waals surface area contributed by atoms with Crippen LogP contribution in [-0.4, -0.2) is 17.8 Å². The van der Waals surface area contributed by atoms with Gasteiger partial charge < -0.3 is 0 Å². The first-order valence-electron chi connectivity index (χ1n) is 4.71. The van der Waals surface area contributed by atoms with Crippen LogP contribution in [0.3, 0.4) is 0 Å². The number of carbonyl (C=O) groups is 1. The summed E-state index contributed by atoms with van der Waals surface area (Å²) in [6.45, 7) is 4.13. The summed E-state index contributed by atoms with van der Waals surface area (Å²) in [7, 11) is 0. The molecule has 1 aromatic carbocycles. The van der Waals surface area contributed by atoms with Crippen LogP contribution >= 0.6 is 11.8 Å². The van der Waals surface area contributed by atoms with E-state index in [0.29, 0.717) is 18.0 Å². The van der Waals surface area contributed by atoms with Crippen LogP contribution in [0.5, 0.6) is 0 Å². The van der Waals surface area contributed by atoms with Crippen molar-refractivity contribution in [1.29, 1.82) is 0 Å². The van der Waals surface area contributed by atoms with E-state index in [0.717, 1.165) is 0 Å². The first kappa shape index (κ1) is 11.3. The van der Waals surface area contributed by atoms with Crippen molar-refractivity contribution in [2.75, 3.05) is 12.0 Å². The first-order valence-corrected chi connectivity index (χ1v) is 6.10. The molecule has 0 unspecified atom stereocenters. The Hall–Kier alpha value is -0.760. The Labute approximate surface area is 89.9 Å². The first-order chi connectivity index (χ1) is 6.65. The van der Waals surface area contributed by atoms with Gasteiger partial charge in [0.15, 0.2) is 0 Å². The molecule has 0 N–H and O–H groups in total. The van der Waals surface area contributed by atoms with Gasteiger partial charge in [-0.25, -0.2) is 0 Å². The molecule has 0 aliphatic carbocycles. The number of hydrogen-bond acceptors (Lipinski definition) is 2. The molecule has 0 radical (unpaired) electrons. The minimum Gasteiger partial charge on any atom is -0.298 e. The lowest BCUT2D eigenvalue weighted by atomic mass is 9.99. The zero-order valence-corrected chi connectivity index (χ0v) is 9.78. The molecule has 0 amide bonds. The highest BCUT2D eigenvalue weighted by molar-refractivity contribution is 7.99. The standard InChI is InChI=1S/C12H16OS/c1-9-5-4-6-10(2)12(9)7-11(13)8-14-3/h4-6H,7-8H2,1-3H3. The predicted octanol–water partition coefficient (Wildman–Crippen LogP) is 2.78. The lowest BCUT2D eigenvalue weighted by molar-refractivity contribution is -0.116. The van der Waals surface area contributed by atoms with Crippen molar-refractivity contribution >= 4 is 17.5 Å². The molecule has 0 heterocycles. The molecule has 0 saturated carbocycles. The van der Waals surface area contributed by atoms with Gasteiger partial charge in [0.1, 0.15) is 5.78 Å². The molecular weight excluding hydrogens is 192 g/mol. The third-order valence-corrected chi connectivity index (χ3v) is 2.93. The maximum Gasteiger partial charge on any atom is 0.147 e. The molecule has 0 atom stereocenters. The van der Waals surface area contributed by atoms with Crippen molar-refractivity contribution in [3.8, 4) is 0 Å². The molecule has 14 heavy (non-hydrogen) atoms. The predicted molar refractivity (Wildman–Crippen MR) is 63.0 cm³/mol. The fourth-order valence-electron chi connectivity index (χ4n) is 1.54. The molecule has 0 saturated heterocycles. The van der Waals surface area contributed by atoms with Gasteiger partial charge in [-0.05, 0) is 36.8 Å². The number of Topliss-reactive ketones (excluding diaryl/α,β-unsaturated/α-hetero) is 1. The van der Waals surface area contributed by atoms with E-state index < -0.39 is 0 Å². The average molecular weight is 208 g/mol. The molecule has 0 aliphatic heterocycles. The summed E-state index contributed by atoms with van der Waals surface area (Å²) in [6.07, 6.45) is 2.54. The smallest absolute Gasteiger partial charge is 0.147 e. The molecule has 0 bridgehead atoms. The topological polar surface area (TPSA) is 17.1 Å². The second-order valence-electron chi connectivity index (χ2n) is 3.52. The summed E-state index contributed by atoms with van der Waals surface area (Å²) in [5, 5.41) is 0. The quantitative estimate of drug-likeness (QED) is 0.757. The summed E-state index contributed by atoms with van der Waals surface area (Å²) in [5.41, 5.74) is 3.64. The summed E-state index contributed by atoms with van der Waals surface area (Å²) < 4.78 is 0. The second kappa shape index (κ2) is 5.20. The van der Waals surface area contributed by atoms with Gasteiger partial charge in [-0.1, -0.05) is 18.2 Å². The van der Waals surface area contributed by atoms with E-state index in [4.69, 9.17) is 0 Å². The Balaban J connectivity index is 2.80. The van der Waals surface area contributed by atoms with Gasteiger partial charge in [0.2, 0.25) is 0 Å². The van der Waals surface area contributed by atoms with Crippen LogP contribution in [0.25, 0.3) is 0 Å². The average Bonchev–Trinajstić information content (AvgIpc) is 2.12. The third kappa shape index (κ3) is 2.88. The SMILES string of the molecule is CSCC(=O)Cc1c(C)cccc1C. The minimum atomic E-state index is 0.315. The molecule has 1 nitrogen and oxygen atoms in total. The number of benzene rings is 1. The van der Waals surface area contributed by atoms with E-state index in [9.17, 15) is 4.79 Å². The van der Waals surface area contributed by atoms with E-state index in [1.807, 2.05) is 12.3 Å². The van der Waals surface area contributed by atoms with E-state index in [2.05, 4.69) is 26.0 Å². The largest absolute Gasteiger partial charge is 0.298 e. The van der Waals surface area contributed by atoms with Gasteiger partial charge in [0, 0.05) is 6.42 Å². The highest BCUT2D eigenvalue weighted by Crippen LogP contribution is 2.14. The second-order valence-corrected chi connectivity index (χ2v) is 4.38. The van der Waals surface area contributed by atoms with Crippen LogP contribution in [0.15, 0.2) is 18.2 Å². The third-order valence-electron chi connectivity index (χ3n) is 2.32. The van der Waals surface area contributed by atoms with Gasteiger partial charge in [-0.15, -0.1) is 0 Å². The normalized spacial score (nSPS) is 10.2. The zero-order valence-electron chi connectivity index (χ0n) is 8.96. The molecule has 76 valence electrons. The van der Waals surface area contributed by atoms with Gasteiger partial charge in [-0.2, -0.15) is 11.8 Å². The summed E-state index contributed by atoms with van der Waals surface area (Å²) in [4.78, 5) is 11.5. The lowest BCUT2D eigenvalue weighted by Gasteiger charge is -2.07. The summed E-state index contributed by atoms with van der Waals surface area (Å²) in [6, 6.07) is 6.16. The van der Waals surface area contributed by atoms with Gasteiger partial charge in [0.25, 0.3) is 0 Å². The molecule has 2 heteroatoms. The Morgan fingerprint density at radius 2 is 1.86 bits per heavy atom. The Kier molecular flexibility index (Phi) is 4.21. The van der Waals surface area contributed by atoms with Crippen LogP contribution in [0.1, 0.15) is 16.7 Å². The van der Waals surface area contributed by atoms with E-state index in [1.165, 1.54) is 16.7 Å². The van der Waals surface area contributed by atoms with E-state index in [-0.39, 0.29) is 0 Å². The van der Waals surface area contributed by atoms with Crippen molar-refractivity contribution in [2.24, 2.45) is 0 Å². The van der Waals surface area contributed by atoms with Crippen LogP contribution in [-0.2, 0) is 11.2 Å². The zero-order chi connectivity index (χ0) is 10.6. The fraction of sp³-hybridized carbons (Fsp3) is 0.417. The number of thioether (sulfide) groups is 1. The highest BCUT2D eigenvalue weighted by Gasteiger charge is 2.07. The summed E-state index contributed by atoms with van der Waals surface area (Å²) in [5.74, 6) is 0.934. The van der Waals surface area contributed by atoms with Crippen LogP contribution in [0.4, 0.5) is 0 Å². The van der Waals surface area contributed by atoms with Crippen molar-refractivity contribution in [3.05, 3.63) is 34.9 Å². The minimum absolute atomic E-state index is 0.315. The number of rotatable bonds is 4. The van der Waals surface area contributed by atoms with E-state index >= 15 is 0 Å². The van der Waals surface area contributed by atoms with Crippen molar-refractivity contribution in [3.63, 3.8) is 0 Å². The van der Waals surface area contributed by atoms with Crippen molar-refractivity contribution in [1.82, 2.24) is 0 Å². The van der Waals surface area contributed by atoms with Gasteiger partial charge in [-0.3, -0.25) is 4.79 Å². The Morgan fingerprint density at radius 1 is 1.29 bits per heavy atom. The Morgan fingerprint density at radius 3 is 2.36 bits per heavy atom. The molecular formula is C12H16OS. The molecule has 0 fully saturated rings. The molecule has 0 aromatic heterocycles. The number of hydrogen-bond donors (Lipinski definition) is 0. The van der Waals surface area contributed by atoms with Gasteiger partial charge in [0.05, 0.1) is 5.75 Å². The fourth-order valence-corrected chi connectivity index (χ4v) is 1.96. The number of ketones is 1. The molecule has 1 rings (SSSR count). The molecule has 0 spiro atoms. The highest BCUT2D eigenvalue weighted by atomic mass is 32.2. The number of carbonyl (C=O) groups excluding carboxylic acids is 1. The van der Waals surface area contributed by atoms with Crippen LogP contribution in [0, 0.1) is 13.8 Å². The monoisotopic (exact) mass is 208 g/mol. The van der Waals surface area contributed by atoms with Crippen LogP contribution in [0.2, 0.25) is 0 Å². The van der Waals surface area contributed by atoms with Crippen molar-refractivity contribution in [2.45, 2.75) is 20.3 Å². The molecule has 1 aromatic rings. The maximum atomic E-state index is 11.5. The lowest BCUT2D eigenvalue weighted by Crippen LogP contribution is -2.07. The Bertz CT molecular complexity index is 311. The number of aryl methyl sites for hydroxylation is 2. The summed E-state index contributed by atoms with van der Waals surface area (Å²) >= 11 is 1.59. The van der Waals surface area contributed by atoms with Crippen molar-refractivity contribution < 1.29 is 4.79 Å². The van der Waals surface area contributed by atoms with Crippen LogP contribution < -0.4 is 0 Å². The van der Waals surface area contributed by atoms with E-state index in [1.54, 1.807) is 11.8 Å². The maximum absolute atomic E-state index is 11.5. The molecule has 0 aliphatic rings. The van der Waals surface area contributed by atoms with Gasteiger partial charge >= 0.3 is 0 Å².